The number of amides is 1. The van der Waals surface area contributed by atoms with E-state index in [-0.39, 0.29) is 11.8 Å². The lowest BCUT2D eigenvalue weighted by Crippen LogP contribution is -2.50. The van der Waals surface area contributed by atoms with E-state index in [9.17, 15) is 9.18 Å². The number of fused-ring (bicyclic) bond motifs is 1. The van der Waals surface area contributed by atoms with E-state index >= 15 is 0 Å². The van der Waals surface area contributed by atoms with Gasteiger partial charge in [0.2, 0.25) is 5.91 Å². The van der Waals surface area contributed by atoms with Crippen molar-refractivity contribution in [3.63, 3.8) is 0 Å². The second kappa shape index (κ2) is 8.34. The van der Waals surface area contributed by atoms with E-state index in [1.165, 1.54) is 0 Å². The number of oxazole rings is 1. The van der Waals surface area contributed by atoms with Crippen molar-refractivity contribution in [2.24, 2.45) is 11.8 Å². The Kier molecular flexibility index (Phi) is 5.40. The van der Waals surface area contributed by atoms with Crippen molar-refractivity contribution in [1.82, 2.24) is 19.9 Å². The van der Waals surface area contributed by atoms with Gasteiger partial charge in [-0.2, -0.15) is 0 Å². The number of likely N-dealkylation sites (tertiary alicyclic amines) is 1. The lowest BCUT2D eigenvalue weighted by atomic mass is 9.81. The summed E-state index contributed by atoms with van der Waals surface area (Å²) in [5, 5.41) is 3.85. The second-order valence-corrected chi connectivity index (χ2v) is 8.72. The maximum absolute atomic E-state index is 13.0. The number of anilines is 1. The molecule has 3 aromatic rings. The first kappa shape index (κ1) is 20.1. The van der Waals surface area contributed by atoms with Crippen molar-refractivity contribution in [2.75, 3.05) is 25.0 Å². The van der Waals surface area contributed by atoms with E-state index in [2.05, 4.69) is 25.2 Å². The number of rotatable bonds is 5. The van der Waals surface area contributed by atoms with Gasteiger partial charge in [-0.05, 0) is 43.7 Å². The van der Waals surface area contributed by atoms with E-state index in [0.29, 0.717) is 42.2 Å². The second-order valence-electron chi connectivity index (χ2n) is 8.72. The van der Waals surface area contributed by atoms with Crippen LogP contribution >= 0.6 is 0 Å². The molecule has 1 aliphatic carbocycles. The Bertz CT molecular complexity index is 1090. The minimum Gasteiger partial charge on any atom is -0.439 e. The number of hydrogen-bond acceptors (Lipinski definition) is 6. The van der Waals surface area contributed by atoms with Crippen LogP contribution in [-0.2, 0) is 4.79 Å². The first-order chi connectivity index (χ1) is 15.0. The van der Waals surface area contributed by atoms with Crippen LogP contribution in [0.1, 0.15) is 31.6 Å². The van der Waals surface area contributed by atoms with E-state index in [1.54, 1.807) is 25.4 Å². The fraction of sp³-hybridized carbons (Fsp3) is 0.478. The molecule has 0 unspecified atom stereocenters. The normalized spacial score (nSPS) is 22.4. The largest absolute Gasteiger partial charge is 0.439 e. The van der Waals surface area contributed by atoms with Crippen LogP contribution in [0, 0.1) is 18.8 Å². The minimum absolute atomic E-state index is 0.00415. The van der Waals surface area contributed by atoms with E-state index < -0.39 is 6.17 Å². The predicted octanol–water partition coefficient (Wildman–Crippen LogP) is 3.99. The molecule has 1 N–H and O–H groups in total. The monoisotopic (exact) mass is 423 g/mol. The molecule has 31 heavy (non-hydrogen) atoms. The van der Waals surface area contributed by atoms with Crippen LogP contribution < -0.4 is 5.32 Å². The van der Waals surface area contributed by atoms with Gasteiger partial charge in [0.05, 0.1) is 11.7 Å². The number of pyridine rings is 2. The molecule has 0 spiro atoms. The van der Waals surface area contributed by atoms with Gasteiger partial charge in [0.15, 0.2) is 11.7 Å². The summed E-state index contributed by atoms with van der Waals surface area (Å²) in [6.45, 7) is 3.89. The molecular formula is C23H26FN5O2. The zero-order chi connectivity index (χ0) is 21.4. The van der Waals surface area contributed by atoms with Crippen molar-refractivity contribution in [2.45, 2.75) is 38.8 Å². The molecule has 8 heteroatoms. The van der Waals surface area contributed by atoms with Crippen molar-refractivity contribution in [3.05, 3.63) is 36.5 Å². The number of hydrogen-bond donors (Lipinski definition) is 1. The maximum atomic E-state index is 13.0. The number of alkyl halides is 1. The molecule has 4 heterocycles. The Morgan fingerprint density at radius 1 is 1.19 bits per heavy atom. The molecule has 2 fully saturated rings. The van der Waals surface area contributed by atoms with Crippen LogP contribution in [0.3, 0.4) is 0 Å². The lowest BCUT2D eigenvalue weighted by Gasteiger charge is -2.38. The fourth-order valence-corrected chi connectivity index (χ4v) is 4.56. The smallest absolute Gasteiger partial charge is 0.228 e. The van der Waals surface area contributed by atoms with Crippen LogP contribution in [0.5, 0.6) is 0 Å². The summed E-state index contributed by atoms with van der Waals surface area (Å²) in [6.07, 6.45) is 6.48. The Labute approximate surface area is 180 Å². The van der Waals surface area contributed by atoms with Crippen molar-refractivity contribution < 1.29 is 13.6 Å². The first-order valence-electron chi connectivity index (χ1n) is 10.9. The number of carbonyl (C=O) groups is 1. The molecule has 1 aliphatic heterocycles. The summed E-state index contributed by atoms with van der Waals surface area (Å²) in [5.74, 6) is 2.28. The van der Waals surface area contributed by atoms with Crippen LogP contribution in [0.25, 0.3) is 22.4 Å². The van der Waals surface area contributed by atoms with Gasteiger partial charge in [0, 0.05) is 50.1 Å². The molecule has 5 rings (SSSR count). The zero-order valence-corrected chi connectivity index (χ0v) is 17.6. The summed E-state index contributed by atoms with van der Waals surface area (Å²) in [5.41, 5.74) is 1.43. The van der Waals surface area contributed by atoms with Crippen molar-refractivity contribution in [1.29, 1.82) is 0 Å². The highest BCUT2D eigenvalue weighted by molar-refractivity contribution is 5.93. The molecular weight excluding hydrogens is 397 g/mol. The number of aryl methyl sites for hydroxylation is 1. The quantitative estimate of drug-likeness (QED) is 0.668. The molecule has 1 amide bonds. The topological polar surface area (TPSA) is 84.2 Å². The van der Waals surface area contributed by atoms with Gasteiger partial charge in [-0.15, -0.1) is 0 Å². The number of carbonyl (C=O) groups excluding carboxylic acids is 1. The Hall–Kier alpha value is -2.87. The highest BCUT2D eigenvalue weighted by Gasteiger charge is 2.31. The summed E-state index contributed by atoms with van der Waals surface area (Å²) in [6, 6.07) is 5.59. The van der Waals surface area contributed by atoms with Crippen LogP contribution in [0.2, 0.25) is 0 Å². The Balaban J connectivity index is 1.21. The molecule has 162 valence electrons. The predicted molar refractivity (Wildman–Crippen MR) is 115 cm³/mol. The van der Waals surface area contributed by atoms with Crippen LogP contribution in [0.4, 0.5) is 10.2 Å². The molecule has 0 bridgehead atoms. The summed E-state index contributed by atoms with van der Waals surface area (Å²) >= 11 is 0. The van der Waals surface area contributed by atoms with Crippen molar-refractivity contribution in [3.8, 4) is 11.5 Å². The SMILES string of the molecule is Cc1ncc(-c2ccc3cnc(NC(=O)C4CCC(CN5CC(F)C5)CC4)cc3n2)o1. The van der Waals surface area contributed by atoms with Crippen LogP contribution in [0.15, 0.2) is 35.0 Å². The number of nitrogens with zero attached hydrogens (tertiary/aromatic N) is 4. The lowest BCUT2D eigenvalue weighted by molar-refractivity contribution is -0.121. The molecule has 2 aliphatic rings. The summed E-state index contributed by atoms with van der Waals surface area (Å²) in [4.78, 5) is 28.1. The standard InChI is InChI=1S/C23H26FN5O2/c1-14-25-10-21(31-14)19-7-6-17-9-26-22(8-20(17)27-19)28-23(30)16-4-2-15(3-5-16)11-29-12-18(24)13-29/h6-10,15-16,18H,2-5,11-13H2,1H3,(H,26,28,30). The van der Waals surface area contributed by atoms with Gasteiger partial charge < -0.3 is 9.73 Å². The summed E-state index contributed by atoms with van der Waals surface area (Å²) < 4.78 is 18.6. The van der Waals surface area contributed by atoms with Gasteiger partial charge in [-0.25, -0.2) is 19.3 Å². The van der Waals surface area contributed by atoms with Crippen molar-refractivity contribution >= 4 is 22.6 Å². The molecule has 1 saturated carbocycles. The average Bonchev–Trinajstić information content (AvgIpc) is 3.19. The highest BCUT2D eigenvalue weighted by Crippen LogP contribution is 2.31. The molecule has 0 aromatic carbocycles. The van der Waals surface area contributed by atoms with E-state index in [4.69, 9.17) is 4.42 Å². The highest BCUT2D eigenvalue weighted by atomic mass is 19.1. The molecule has 1 saturated heterocycles. The molecule has 0 atom stereocenters. The third kappa shape index (κ3) is 4.44. The maximum Gasteiger partial charge on any atom is 0.228 e. The Morgan fingerprint density at radius 3 is 2.71 bits per heavy atom. The Morgan fingerprint density at radius 2 is 2.00 bits per heavy atom. The van der Waals surface area contributed by atoms with Gasteiger partial charge in [0.25, 0.3) is 0 Å². The number of aromatic nitrogens is 3. The van der Waals surface area contributed by atoms with Gasteiger partial charge in [-0.3, -0.25) is 9.69 Å². The molecule has 0 radical (unpaired) electrons. The number of nitrogens with one attached hydrogen (secondary N) is 1. The third-order valence-electron chi connectivity index (χ3n) is 6.35. The number of halogens is 1. The van der Waals surface area contributed by atoms with E-state index in [0.717, 1.165) is 43.1 Å². The third-order valence-corrected chi connectivity index (χ3v) is 6.35. The minimum atomic E-state index is -0.651. The fourth-order valence-electron chi connectivity index (χ4n) is 4.56. The first-order valence-corrected chi connectivity index (χ1v) is 10.9. The van der Waals surface area contributed by atoms with Crippen LogP contribution in [-0.4, -0.2) is 51.6 Å². The molecule has 3 aromatic heterocycles. The summed E-state index contributed by atoms with van der Waals surface area (Å²) in [7, 11) is 0. The zero-order valence-electron chi connectivity index (χ0n) is 17.6. The van der Waals surface area contributed by atoms with Gasteiger partial charge >= 0.3 is 0 Å². The van der Waals surface area contributed by atoms with Gasteiger partial charge in [-0.1, -0.05) is 0 Å². The molecule has 7 nitrogen and oxygen atoms in total. The van der Waals surface area contributed by atoms with Gasteiger partial charge in [0.1, 0.15) is 17.7 Å². The van der Waals surface area contributed by atoms with E-state index in [1.807, 2.05) is 12.1 Å². The average molecular weight is 423 g/mol.